The van der Waals surface area contributed by atoms with Crippen molar-refractivity contribution in [2.45, 2.75) is 0 Å². The Labute approximate surface area is 111 Å². The van der Waals surface area contributed by atoms with Gasteiger partial charge in [-0.15, -0.1) is 0 Å². The summed E-state index contributed by atoms with van der Waals surface area (Å²) in [4.78, 5) is 4.04. The van der Waals surface area contributed by atoms with E-state index >= 15 is 0 Å². The first kappa shape index (κ1) is 11.6. The zero-order valence-corrected chi connectivity index (χ0v) is 10.8. The molecule has 78 valence electrons. The van der Waals surface area contributed by atoms with Gasteiger partial charge in [-0.2, -0.15) is 0 Å². The Balaban J connectivity index is 3.00. The molecule has 0 fully saturated rings. The van der Waals surface area contributed by atoms with Gasteiger partial charge in [0, 0.05) is 5.39 Å². The van der Waals surface area contributed by atoms with E-state index in [0.29, 0.717) is 20.9 Å². The number of aromatic nitrogens is 1. The molecule has 2 aromatic rings. The lowest BCUT2D eigenvalue weighted by Crippen LogP contribution is -1.85. The molecule has 0 aliphatic carbocycles. The van der Waals surface area contributed by atoms with Gasteiger partial charge in [0.25, 0.3) is 0 Å². The summed E-state index contributed by atoms with van der Waals surface area (Å²) in [6, 6.07) is 3.30. The standard InChI is InChI=1S/C9H2Cl5N/c10-3-1-2-4-5(6(3)11)7(12)8(13)9(14)15-4/h1-2H. The molecular formula is C9H2Cl5N. The Kier molecular flexibility index (Phi) is 3.20. The van der Waals surface area contributed by atoms with Crippen molar-refractivity contribution in [2.75, 3.05) is 0 Å². The summed E-state index contributed by atoms with van der Waals surface area (Å²) in [7, 11) is 0. The molecule has 0 aliphatic heterocycles. The highest BCUT2D eigenvalue weighted by atomic mass is 35.5. The zero-order chi connectivity index (χ0) is 11.2. The molecule has 1 heterocycles. The van der Waals surface area contributed by atoms with Gasteiger partial charge in [-0.3, -0.25) is 0 Å². The van der Waals surface area contributed by atoms with Gasteiger partial charge < -0.3 is 0 Å². The van der Waals surface area contributed by atoms with Gasteiger partial charge >= 0.3 is 0 Å². The summed E-state index contributed by atoms with van der Waals surface area (Å²) in [5, 5.41) is 1.82. The van der Waals surface area contributed by atoms with Crippen LogP contribution in [0.3, 0.4) is 0 Å². The summed E-state index contributed by atoms with van der Waals surface area (Å²) in [5.41, 5.74) is 0.559. The molecule has 0 saturated heterocycles. The van der Waals surface area contributed by atoms with Crippen LogP contribution in [0.15, 0.2) is 12.1 Å². The first-order valence-electron chi connectivity index (χ1n) is 3.80. The van der Waals surface area contributed by atoms with Gasteiger partial charge in [-0.1, -0.05) is 58.0 Å². The van der Waals surface area contributed by atoms with Crippen LogP contribution in [0.2, 0.25) is 25.2 Å². The second kappa shape index (κ2) is 4.15. The predicted octanol–water partition coefficient (Wildman–Crippen LogP) is 5.50. The minimum absolute atomic E-state index is 0.146. The van der Waals surface area contributed by atoms with Crippen LogP contribution < -0.4 is 0 Å². The Hall–Kier alpha value is 0.0800. The van der Waals surface area contributed by atoms with Crippen molar-refractivity contribution in [1.29, 1.82) is 0 Å². The Bertz CT molecular complexity index is 552. The monoisotopic (exact) mass is 299 g/mol. The molecule has 0 aliphatic rings. The van der Waals surface area contributed by atoms with Crippen LogP contribution in [0.1, 0.15) is 0 Å². The number of hydrogen-bond acceptors (Lipinski definition) is 1. The number of halogens is 5. The van der Waals surface area contributed by atoms with Gasteiger partial charge in [0.1, 0.15) is 5.15 Å². The maximum Gasteiger partial charge on any atom is 0.149 e. The van der Waals surface area contributed by atoms with Gasteiger partial charge in [-0.25, -0.2) is 4.98 Å². The van der Waals surface area contributed by atoms with E-state index < -0.39 is 0 Å². The lowest BCUT2D eigenvalue weighted by Gasteiger charge is -2.06. The van der Waals surface area contributed by atoms with Crippen molar-refractivity contribution in [1.82, 2.24) is 4.98 Å². The van der Waals surface area contributed by atoms with Crippen molar-refractivity contribution >= 4 is 68.9 Å². The number of nitrogens with zero attached hydrogens (tertiary/aromatic N) is 1. The van der Waals surface area contributed by atoms with E-state index in [2.05, 4.69) is 4.98 Å². The summed E-state index contributed by atoms with van der Waals surface area (Å²) < 4.78 is 0. The highest BCUT2D eigenvalue weighted by Gasteiger charge is 2.14. The van der Waals surface area contributed by atoms with Gasteiger partial charge in [0.05, 0.1) is 25.6 Å². The summed E-state index contributed by atoms with van der Waals surface area (Å²) in [5.74, 6) is 0. The van der Waals surface area contributed by atoms with Gasteiger partial charge in [0.15, 0.2) is 0 Å². The molecule has 1 nitrogen and oxygen atoms in total. The summed E-state index contributed by atoms with van der Waals surface area (Å²) in [6.07, 6.45) is 0. The van der Waals surface area contributed by atoms with E-state index in [1.165, 1.54) is 0 Å². The van der Waals surface area contributed by atoms with Crippen molar-refractivity contribution in [2.24, 2.45) is 0 Å². The normalized spacial score (nSPS) is 11.0. The van der Waals surface area contributed by atoms with E-state index in [0.717, 1.165) is 0 Å². The molecule has 0 radical (unpaired) electrons. The quantitative estimate of drug-likeness (QED) is 0.585. The smallest absolute Gasteiger partial charge is 0.149 e. The maximum atomic E-state index is 6.01. The summed E-state index contributed by atoms with van der Waals surface area (Å²) in [6.45, 7) is 0. The average molecular weight is 301 g/mol. The van der Waals surface area contributed by atoms with Crippen molar-refractivity contribution < 1.29 is 0 Å². The van der Waals surface area contributed by atoms with E-state index in [9.17, 15) is 0 Å². The van der Waals surface area contributed by atoms with Crippen LogP contribution in [-0.2, 0) is 0 Å². The fourth-order valence-electron chi connectivity index (χ4n) is 1.20. The minimum Gasteiger partial charge on any atom is -0.234 e. The maximum absolute atomic E-state index is 6.01. The molecule has 0 atom stereocenters. The second-order valence-corrected chi connectivity index (χ2v) is 4.69. The highest BCUT2D eigenvalue weighted by molar-refractivity contribution is 6.53. The lowest BCUT2D eigenvalue weighted by molar-refractivity contribution is 1.41. The topological polar surface area (TPSA) is 12.9 Å². The Morgan fingerprint density at radius 1 is 0.800 bits per heavy atom. The number of fused-ring (bicyclic) bond motifs is 1. The van der Waals surface area contributed by atoms with Crippen molar-refractivity contribution in [3.05, 3.63) is 37.4 Å². The zero-order valence-electron chi connectivity index (χ0n) is 6.99. The molecule has 0 saturated carbocycles. The molecule has 1 aromatic carbocycles. The fourth-order valence-corrected chi connectivity index (χ4v) is 2.31. The Morgan fingerprint density at radius 3 is 2.13 bits per heavy atom. The van der Waals surface area contributed by atoms with E-state index in [1.54, 1.807) is 12.1 Å². The molecule has 0 unspecified atom stereocenters. The van der Waals surface area contributed by atoms with Crippen LogP contribution in [-0.4, -0.2) is 4.98 Å². The number of pyridine rings is 1. The van der Waals surface area contributed by atoms with Crippen LogP contribution >= 0.6 is 58.0 Å². The fraction of sp³-hybridized carbons (Fsp3) is 0. The third-order valence-corrected chi connectivity index (χ3v) is 3.90. The first-order chi connectivity index (χ1) is 7.02. The van der Waals surface area contributed by atoms with E-state index in [1.807, 2.05) is 0 Å². The SMILES string of the molecule is Clc1ccc2nc(Cl)c(Cl)c(Cl)c2c1Cl. The lowest BCUT2D eigenvalue weighted by atomic mass is 10.2. The van der Waals surface area contributed by atoms with Crippen LogP contribution in [0, 0.1) is 0 Å². The van der Waals surface area contributed by atoms with Crippen LogP contribution in [0.4, 0.5) is 0 Å². The molecule has 0 bridgehead atoms. The van der Waals surface area contributed by atoms with Crippen molar-refractivity contribution in [3.63, 3.8) is 0 Å². The predicted molar refractivity (Wildman–Crippen MR) is 66.8 cm³/mol. The molecular weight excluding hydrogens is 299 g/mol. The van der Waals surface area contributed by atoms with Crippen LogP contribution in [0.5, 0.6) is 0 Å². The average Bonchev–Trinajstić information content (AvgIpc) is 2.20. The van der Waals surface area contributed by atoms with Crippen molar-refractivity contribution in [3.8, 4) is 0 Å². The van der Waals surface area contributed by atoms with Crippen LogP contribution in [0.25, 0.3) is 10.9 Å². The van der Waals surface area contributed by atoms with E-state index in [4.69, 9.17) is 58.0 Å². The number of rotatable bonds is 0. The molecule has 6 heteroatoms. The molecule has 0 amide bonds. The minimum atomic E-state index is 0.146. The van der Waals surface area contributed by atoms with Gasteiger partial charge in [0.2, 0.25) is 0 Å². The second-order valence-electron chi connectivity index (χ2n) is 2.79. The molecule has 15 heavy (non-hydrogen) atoms. The highest BCUT2D eigenvalue weighted by Crippen LogP contribution is 2.40. The number of hydrogen-bond donors (Lipinski definition) is 0. The molecule has 0 spiro atoms. The van der Waals surface area contributed by atoms with Gasteiger partial charge in [-0.05, 0) is 12.1 Å². The largest absolute Gasteiger partial charge is 0.234 e. The van der Waals surface area contributed by atoms with E-state index in [-0.39, 0.29) is 15.2 Å². The third kappa shape index (κ3) is 1.88. The molecule has 2 rings (SSSR count). The summed E-state index contributed by atoms with van der Waals surface area (Å²) >= 11 is 29.5. The Morgan fingerprint density at radius 2 is 1.47 bits per heavy atom. The molecule has 1 aromatic heterocycles. The molecule has 0 N–H and O–H groups in total. The number of benzene rings is 1. The third-order valence-electron chi connectivity index (χ3n) is 1.88. The first-order valence-corrected chi connectivity index (χ1v) is 5.69.